The topological polar surface area (TPSA) is 105 Å². The summed E-state index contributed by atoms with van der Waals surface area (Å²) in [6.45, 7) is 7.20. The van der Waals surface area contributed by atoms with Crippen molar-refractivity contribution in [3.05, 3.63) is 52.0 Å². The summed E-state index contributed by atoms with van der Waals surface area (Å²) in [5.41, 5.74) is 0.718. The first-order valence-electron chi connectivity index (χ1n) is 12.9. The van der Waals surface area contributed by atoms with E-state index in [4.69, 9.17) is 32.7 Å². The molecule has 2 unspecified atom stereocenters. The predicted octanol–water partition coefficient (Wildman–Crippen LogP) is 4.64. The molecule has 2 atom stereocenters. The molecule has 9 nitrogen and oxygen atoms in total. The van der Waals surface area contributed by atoms with Crippen molar-refractivity contribution >= 4 is 50.7 Å². The Labute approximate surface area is 240 Å². The minimum atomic E-state index is -3.90. The summed E-state index contributed by atoms with van der Waals surface area (Å²) in [5.74, 6) is -0.275. The number of fused-ring (bicyclic) bond motifs is 1. The molecule has 2 aromatic rings. The van der Waals surface area contributed by atoms with E-state index in [9.17, 15) is 18.0 Å². The summed E-state index contributed by atoms with van der Waals surface area (Å²) < 4.78 is 38.6. The fourth-order valence-electron chi connectivity index (χ4n) is 4.12. The van der Waals surface area contributed by atoms with E-state index in [-0.39, 0.29) is 29.9 Å². The van der Waals surface area contributed by atoms with Crippen LogP contribution in [-0.4, -0.2) is 62.7 Å². The summed E-state index contributed by atoms with van der Waals surface area (Å²) in [4.78, 5) is 28.6. The second-order valence-electron chi connectivity index (χ2n) is 9.20. The van der Waals surface area contributed by atoms with E-state index in [2.05, 4.69) is 5.32 Å². The number of amides is 2. The van der Waals surface area contributed by atoms with Gasteiger partial charge in [-0.3, -0.25) is 13.9 Å². The lowest BCUT2D eigenvalue weighted by Gasteiger charge is -2.34. The van der Waals surface area contributed by atoms with Crippen LogP contribution < -0.4 is 19.1 Å². The standard InChI is InChI=1S/C27H35Cl2N3O6S/c1-5-18(4)30-27(34)23(6-2)31(16-20-21(28)9-8-10-22(20)29)26(33)17-32(39(35,36)7-3)19-11-12-24-25(15-19)38-14-13-37-24/h8-12,15,18,23H,5-7,13-14,16-17H2,1-4H3,(H,30,34). The van der Waals surface area contributed by atoms with Crippen LogP contribution in [0.3, 0.4) is 0 Å². The van der Waals surface area contributed by atoms with Gasteiger partial charge in [0.1, 0.15) is 25.8 Å². The molecule has 1 N–H and O–H groups in total. The van der Waals surface area contributed by atoms with Crippen LogP contribution >= 0.6 is 23.2 Å². The second-order valence-corrected chi connectivity index (χ2v) is 12.2. The highest BCUT2D eigenvalue weighted by Gasteiger charge is 2.34. The molecule has 0 spiro atoms. The van der Waals surface area contributed by atoms with E-state index in [1.165, 1.54) is 17.9 Å². The Kier molecular flexibility index (Phi) is 10.7. The van der Waals surface area contributed by atoms with Crippen LogP contribution in [0.5, 0.6) is 11.5 Å². The SMILES string of the molecule is CCC(C)NC(=O)C(CC)N(Cc1c(Cl)cccc1Cl)C(=O)CN(c1ccc2c(c1)OCCO2)S(=O)(=O)CC. The minimum absolute atomic E-state index is 0.0784. The molecule has 2 aromatic carbocycles. The fraction of sp³-hybridized carbons (Fsp3) is 0.481. The lowest BCUT2D eigenvalue weighted by Crippen LogP contribution is -2.53. The van der Waals surface area contributed by atoms with Gasteiger partial charge in [0.2, 0.25) is 21.8 Å². The van der Waals surface area contributed by atoms with Crippen LogP contribution in [-0.2, 0) is 26.2 Å². The number of hydrogen-bond acceptors (Lipinski definition) is 6. The Bertz CT molecular complexity index is 1270. The van der Waals surface area contributed by atoms with Gasteiger partial charge < -0.3 is 19.7 Å². The average Bonchev–Trinajstić information content (AvgIpc) is 2.92. The van der Waals surface area contributed by atoms with Crippen LogP contribution in [0, 0.1) is 0 Å². The zero-order chi connectivity index (χ0) is 28.7. The van der Waals surface area contributed by atoms with Gasteiger partial charge in [0.25, 0.3) is 0 Å². The van der Waals surface area contributed by atoms with Crippen molar-refractivity contribution in [2.24, 2.45) is 0 Å². The largest absolute Gasteiger partial charge is 0.486 e. The normalized spacial score (nSPS) is 14.3. The Morgan fingerprint density at radius 2 is 1.64 bits per heavy atom. The number of halogens is 2. The molecule has 3 rings (SSSR count). The van der Waals surface area contributed by atoms with Gasteiger partial charge in [-0.05, 0) is 51.0 Å². The molecule has 214 valence electrons. The molecule has 1 heterocycles. The van der Waals surface area contributed by atoms with Crippen molar-refractivity contribution in [3.8, 4) is 11.5 Å². The van der Waals surface area contributed by atoms with E-state index in [1.54, 1.807) is 37.3 Å². The summed E-state index contributed by atoms with van der Waals surface area (Å²) >= 11 is 12.8. The molecule has 2 amide bonds. The molecule has 39 heavy (non-hydrogen) atoms. The number of sulfonamides is 1. The Hall–Kier alpha value is -2.69. The number of rotatable bonds is 12. The van der Waals surface area contributed by atoms with Crippen molar-refractivity contribution < 1.29 is 27.5 Å². The number of anilines is 1. The van der Waals surface area contributed by atoms with Crippen LogP contribution in [0.4, 0.5) is 5.69 Å². The minimum Gasteiger partial charge on any atom is -0.486 e. The van der Waals surface area contributed by atoms with Crippen molar-refractivity contribution in [1.29, 1.82) is 0 Å². The summed E-state index contributed by atoms with van der Waals surface area (Å²) in [6, 6.07) is 8.70. The first kappa shape index (κ1) is 30.8. The van der Waals surface area contributed by atoms with E-state index >= 15 is 0 Å². The molecule has 0 fully saturated rings. The predicted molar refractivity (Wildman–Crippen MR) is 153 cm³/mol. The van der Waals surface area contributed by atoms with E-state index in [0.717, 1.165) is 4.31 Å². The zero-order valence-electron chi connectivity index (χ0n) is 22.6. The molecule has 0 bridgehead atoms. The second kappa shape index (κ2) is 13.6. The quantitative estimate of drug-likeness (QED) is 0.381. The van der Waals surface area contributed by atoms with Gasteiger partial charge in [-0.15, -0.1) is 0 Å². The highest BCUT2D eigenvalue weighted by molar-refractivity contribution is 7.92. The van der Waals surface area contributed by atoms with Crippen LogP contribution in [0.1, 0.15) is 46.1 Å². The smallest absolute Gasteiger partial charge is 0.244 e. The van der Waals surface area contributed by atoms with Crippen molar-refractivity contribution in [3.63, 3.8) is 0 Å². The lowest BCUT2D eigenvalue weighted by molar-refractivity contribution is -0.140. The third-order valence-corrected chi connectivity index (χ3v) is 9.02. The summed E-state index contributed by atoms with van der Waals surface area (Å²) in [7, 11) is -3.90. The first-order chi connectivity index (χ1) is 18.5. The van der Waals surface area contributed by atoms with E-state index in [1.807, 2.05) is 13.8 Å². The fourth-order valence-corrected chi connectivity index (χ4v) is 5.69. The van der Waals surface area contributed by atoms with Gasteiger partial charge in [0, 0.05) is 34.3 Å². The maximum Gasteiger partial charge on any atom is 0.244 e. The van der Waals surface area contributed by atoms with Crippen molar-refractivity contribution in [2.45, 2.75) is 59.2 Å². The highest BCUT2D eigenvalue weighted by Crippen LogP contribution is 2.35. The van der Waals surface area contributed by atoms with Gasteiger partial charge in [-0.2, -0.15) is 0 Å². The van der Waals surface area contributed by atoms with Crippen LogP contribution in [0.25, 0.3) is 0 Å². The van der Waals surface area contributed by atoms with Crippen LogP contribution in [0.2, 0.25) is 10.0 Å². The Morgan fingerprint density at radius 1 is 1.00 bits per heavy atom. The number of carbonyl (C=O) groups excluding carboxylic acids is 2. The number of carbonyl (C=O) groups is 2. The van der Waals surface area contributed by atoms with Gasteiger partial charge >= 0.3 is 0 Å². The summed E-state index contributed by atoms with van der Waals surface area (Å²) in [5, 5.41) is 3.60. The molecule has 0 aliphatic carbocycles. The van der Waals surface area contributed by atoms with Gasteiger partial charge in [0.15, 0.2) is 11.5 Å². The average molecular weight is 601 g/mol. The molecule has 1 aliphatic heterocycles. The van der Waals surface area contributed by atoms with Crippen LogP contribution in [0.15, 0.2) is 36.4 Å². The number of nitrogens with zero attached hydrogens (tertiary/aromatic N) is 2. The summed E-state index contributed by atoms with van der Waals surface area (Å²) in [6.07, 6.45) is 1.000. The number of benzene rings is 2. The van der Waals surface area contributed by atoms with Crippen molar-refractivity contribution in [2.75, 3.05) is 29.8 Å². The lowest BCUT2D eigenvalue weighted by atomic mass is 10.1. The molecule has 12 heteroatoms. The van der Waals surface area contributed by atoms with Crippen molar-refractivity contribution in [1.82, 2.24) is 10.2 Å². The van der Waals surface area contributed by atoms with Gasteiger partial charge in [-0.25, -0.2) is 8.42 Å². The van der Waals surface area contributed by atoms with E-state index < -0.39 is 28.5 Å². The zero-order valence-corrected chi connectivity index (χ0v) is 24.9. The van der Waals surface area contributed by atoms with E-state index in [0.29, 0.717) is 53.2 Å². The van der Waals surface area contributed by atoms with Gasteiger partial charge in [-0.1, -0.05) is 43.1 Å². The Morgan fingerprint density at radius 3 is 2.23 bits per heavy atom. The highest BCUT2D eigenvalue weighted by atomic mass is 35.5. The number of hydrogen-bond donors (Lipinski definition) is 1. The number of ether oxygens (including phenoxy) is 2. The molecular weight excluding hydrogens is 565 g/mol. The number of nitrogens with one attached hydrogen (secondary N) is 1. The maximum atomic E-state index is 14.0. The first-order valence-corrected chi connectivity index (χ1v) is 15.3. The molecule has 0 radical (unpaired) electrons. The molecule has 0 saturated heterocycles. The molecule has 0 aromatic heterocycles. The monoisotopic (exact) mass is 599 g/mol. The maximum absolute atomic E-state index is 14.0. The Balaban J connectivity index is 2.02. The molecule has 0 saturated carbocycles. The third-order valence-electron chi connectivity index (χ3n) is 6.57. The molecular formula is C27H35Cl2N3O6S. The molecule has 1 aliphatic rings. The van der Waals surface area contributed by atoms with Gasteiger partial charge in [0.05, 0.1) is 11.4 Å². The third kappa shape index (κ3) is 7.49.